The van der Waals surface area contributed by atoms with Gasteiger partial charge in [-0.05, 0) is 60.5 Å². The van der Waals surface area contributed by atoms with Crippen LogP contribution in [0, 0.1) is 0 Å². The lowest BCUT2D eigenvalue weighted by Crippen LogP contribution is -2.35. The van der Waals surface area contributed by atoms with E-state index >= 15 is 0 Å². The quantitative estimate of drug-likeness (QED) is 0.673. The zero-order chi connectivity index (χ0) is 16.8. The molecule has 8 heteroatoms. The molecule has 6 nitrogen and oxygen atoms in total. The lowest BCUT2D eigenvalue weighted by molar-refractivity contribution is 0.0214. The third kappa shape index (κ3) is 3.35. The van der Waals surface area contributed by atoms with Gasteiger partial charge in [0.1, 0.15) is 5.60 Å². The van der Waals surface area contributed by atoms with Crippen LogP contribution in [0.1, 0.15) is 32.2 Å². The van der Waals surface area contributed by atoms with Crippen molar-refractivity contribution in [3.8, 4) is 5.69 Å². The van der Waals surface area contributed by atoms with E-state index in [-0.39, 0.29) is 0 Å². The molecule has 2 heterocycles. The molecular formula is C15H16BrClN4O2. The number of aromatic nitrogens is 3. The molecule has 0 fully saturated rings. The number of carbonyl (C=O) groups is 1. The Bertz CT molecular complexity index is 769. The molecule has 1 amide bonds. The maximum atomic E-state index is 12.5. The third-order valence-corrected chi connectivity index (χ3v) is 4.07. The SMILES string of the molecule is CC(C)(C)OC(=O)N1Cc2cc(Cl)ccc2-n2c(Br)nnc2C1. The van der Waals surface area contributed by atoms with Crippen molar-refractivity contribution in [1.82, 2.24) is 19.7 Å². The first-order valence-electron chi connectivity index (χ1n) is 7.11. The topological polar surface area (TPSA) is 60.2 Å². The number of fused-ring (bicyclic) bond motifs is 3. The molecule has 0 spiro atoms. The molecule has 23 heavy (non-hydrogen) atoms. The molecule has 0 atom stereocenters. The summed E-state index contributed by atoms with van der Waals surface area (Å²) < 4.78 is 7.94. The van der Waals surface area contributed by atoms with Gasteiger partial charge in [0.15, 0.2) is 5.82 Å². The van der Waals surface area contributed by atoms with Crippen LogP contribution < -0.4 is 0 Å². The molecule has 0 unspecified atom stereocenters. The molecule has 3 rings (SSSR count). The molecule has 1 aliphatic rings. The van der Waals surface area contributed by atoms with Gasteiger partial charge in [-0.2, -0.15) is 0 Å². The van der Waals surface area contributed by atoms with E-state index in [1.807, 2.05) is 37.5 Å². The van der Waals surface area contributed by atoms with Crippen LogP contribution in [-0.4, -0.2) is 31.4 Å². The van der Waals surface area contributed by atoms with Gasteiger partial charge in [0, 0.05) is 5.02 Å². The minimum Gasteiger partial charge on any atom is -0.444 e. The summed E-state index contributed by atoms with van der Waals surface area (Å²) in [6.45, 7) is 6.21. The second-order valence-electron chi connectivity index (χ2n) is 6.33. The summed E-state index contributed by atoms with van der Waals surface area (Å²) in [7, 11) is 0. The highest BCUT2D eigenvalue weighted by molar-refractivity contribution is 9.10. The van der Waals surface area contributed by atoms with E-state index in [1.54, 1.807) is 11.0 Å². The van der Waals surface area contributed by atoms with E-state index in [0.29, 0.717) is 28.7 Å². The van der Waals surface area contributed by atoms with Gasteiger partial charge in [0.25, 0.3) is 0 Å². The number of halogens is 2. The molecule has 1 aliphatic heterocycles. The first-order valence-corrected chi connectivity index (χ1v) is 8.28. The minimum atomic E-state index is -0.561. The smallest absolute Gasteiger partial charge is 0.411 e. The van der Waals surface area contributed by atoms with Crippen molar-refractivity contribution in [2.24, 2.45) is 0 Å². The van der Waals surface area contributed by atoms with E-state index in [9.17, 15) is 4.79 Å². The van der Waals surface area contributed by atoms with Crippen molar-refractivity contribution < 1.29 is 9.53 Å². The van der Waals surface area contributed by atoms with Crippen LogP contribution in [0.3, 0.4) is 0 Å². The van der Waals surface area contributed by atoms with Gasteiger partial charge >= 0.3 is 6.09 Å². The highest BCUT2D eigenvalue weighted by atomic mass is 79.9. The second kappa shape index (κ2) is 5.79. The number of carbonyl (C=O) groups excluding carboxylic acids is 1. The Labute approximate surface area is 147 Å². The van der Waals surface area contributed by atoms with Crippen molar-refractivity contribution in [2.45, 2.75) is 39.5 Å². The Kier molecular flexibility index (Phi) is 4.10. The number of amides is 1. The fourth-order valence-electron chi connectivity index (χ4n) is 2.42. The molecule has 122 valence electrons. The van der Waals surface area contributed by atoms with Gasteiger partial charge in [-0.25, -0.2) is 4.79 Å². The van der Waals surface area contributed by atoms with E-state index in [0.717, 1.165) is 11.3 Å². The fraction of sp³-hybridized carbons (Fsp3) is 0.400. The number of ether oxygens (including phenoxy) is 1. The van der Waals surface area contributed by atoms with Crippen LogP contribution in [0.4, 0.5) is 4.79 Å². The van der Waals surface area contributed by atoms with Gasteiger partial charge in [0.05, 0.1) is 18.8 Å². The van der Waals surface area contributed by atoms with Gasteiger partial charge in [-0.1, -0.05) is 11.6 Å². The van der Waals surface area contributed by atoms with Crippen LogP contribution in [0.25, 0.3) is 5.69 Å². The summed E-state index contributed by atoms with van der Waals surface area (Å²) in [5.41, 5.74) is 1.24. The Hall–Kier alpha value is -1.60. The maximum absolute atomic E-state index is 12.5. The zero-order valence-corrected chi connectivity index (χ0v) is 15.3. The number of hydrogen-bond acceptors (Lipinski definition) is 4. The molecular weight excluding hydrogens is 384 g/mol. The summed E-state index contributed by atoms with van der Waals surface area (Å²) in [5, 5.41) is 8.81. The highest BCUT2D eigenvalue weighted by Crippen LogP contribution is 2.29. The van der Waals surface area contributed by atoms with Crippen LogP contribution >= 0.6 is 27.5 Å². The average molecular weight is 400 g/mol. The largest absolute Gasteiger partial charge is 0.444 e. The molecule has 1 aromatic carbocycles. The van der Waals surface area contributed by atoms with Crippen molar-refractivity contribution in [3.05, 3.63) is 39.3 Å². The van der Waals surface area contributed by atoms with E-state index in [1.165, 1.54) is 0 Å². The standard InChI is InChI=1S/C15H16BrClN4O2/c1-15(2,3)23-14(22)20-7-9-6-10(17)4-5-11(9)21-12(8-20)18-19-13(21)16/h4-6H,7-8H2,1-3H3. The summed E-state index contributed by atoms with van der Waals surface area (Å²) in [6, 6.07) is 5.55. The summed E-state index contributed by atoms with van der Waals surface area (Å²) in [5.74, 6) is 0.656. The van der Waals surface area contributed by atoms with Crippen molar-refractivity contribution in [2.75, 3.05) is 0 Å². The molecule has 0 radical (unpaired) electrons. The normalized spacial score (nSPS) is 14.0. The summed E-state index contributed by atoms with van der Waals surface area (Å²) >= 11 is 9.52. The van der Waals surface area contributed by atoms with Crippen LogP contribution in [0.2, 0.25) is 5.02 Å². The van der Waals surface area contributed by atoms with E-state index in [4.69, 9.17) is 16.3 Å². The number of hydrogen-bond donors (Lipinski definition) is 0. The van der Waals surface area contributed by atoms with Crippen molar-refractivity contribution in [3.63, 3.8) is 0 Å². The van der Waals surface area contributed by atoms with Crippen LogP contribution in [0.5, 0.6) is 0 Å². The Balaban J connectivity index is 2.04. The van der Waals surface area contributed by atoms with E-state index in [2.05, 4.69) is 26.1 Å². The number of benzene rings is 1. The number of rotatable bonds is 0. The predicted octanol–water partition coefficient (Wildman–Crippen LogP) is 3.93. The lowest BCUT2D eigenvalue weighted by Gasteiger charge is -2.26. The second-order valence-corrected chi connectivity index (χ2v) is 7.48. The zero-order valence-electron chi connectivity index (χ0n) is 13.0. The minimum absolute atomic E-state index is 0.305. The first-order chi connectivity index (χ1) is 10.7. The monoisotopic (exact) mass is 398 g/mol. The number of nitrogens with zero attached hydrogens (tertiary/aromatic N) is 4. The van der Waals surface area contributed by atoms with E-state index < -0.39 is 11.7 Å². The van der Waals surface area contributed by atoms with Crippen molar-refractivity contribution in [1.29, 1.82) is 0 Å². The fourth-order valence-corrected chi connectivity index (χ4v) is 3.09. The predicted molar refractivity (Wildman–Crippen MR) is 89.6 cm³/mol. The Morgan fingerprint density at radius 2 is 2.04 bits per heavy atom. The van der Waals surface area contributed by atoms with Crippen molar-refractivity contribution >= 4 is 33.6 Å². The Morgan fingerprint density at radius 3 is 2.74 bits per heavy atom. The van der Waals surface area contributed by atoms with Crippen LogP contribution in [-0.2, 0) is 17.8 Å². The molecule has 0 saturated carbocycles. The van der Waals surface area contributed by atoms with Gasteiger partial charge in [-0.15, -0.1) is 10.2 Å². The summed E-state index contributed by atoms with van der Waals surface area (Å²) in [4.78, 5) is 14.1. The van der Waals surface area contributed by atoms with Gasteiger partial charge in [-0.3, -0.25) is 9.47 Å². The van der Waals surface area contributed by atoms with Gasteiger partial charge < -0.3 is 4.74 Å². The molecule has 2 aromatic rings. The molecule has 0 N–H and O–H groups in total. The average Bonchev–Trinajstić information content (AvgIpc) is 2.69. The third-order valence-electron chi connectivity index (χ3n) is 3.32. The van der Waals surface area contributed by atoms with Crippen LogP contribution in [0.15, 0.2) is 22.9 Å². The Morgan fingerprint density at radius 1 is 1.30 bits per heavy atom. The molecule has 1 aromatic heterocycles. The highest BCUT2D eigenvalue weighted by Gasteiger charge is 2.29. The first kappa shape index (κ1) is 16.3. The molecule has 0 bridgehead atoms. The molecule has 0 aliphatic carbocycles. The lowest BCUT2D eigenvalue weighted by atomic mass is 10.1. The van der Waals surface area contributed by atoms with Gasteiger partial charge in [0.2, 0.25) is 4.73 Å². The summed E-state index contributed by atoms with van der Waals surface area (Å²) in [6.07, 6.45) is -0.393. The molecule has 0 saturated heterocycles. The maximum Gasteiger partial charge on any atom is 0.411 e.